The maximum absolute atomic E-state index is 12.5. The van der Waals surface area contributed by atoms with Gasteiger partial charge in [-0.1, -0.05) is 60.7 Å². The maximum Gasteiger partial charge on any atom is 0.411 e. The molecule has 7 nitrogen and oxygen atoms in total. The highest BCUT2D eigenvalue weighted by Crippen LogP contribution is 2.44. The molecule has 174 valence electrons. The molecule has 3 aromatic carbocycles. The largest absolute Gasteiger partial charge is 0.481 e. The Bertz CT molecular complexity index is 1160. The molecule has 1 aliphatic rings. The summed E-state index contributed by atoms with van der Waals surface area (Å²) in [6.07, 6.45) is 0.0590. The molecule has 0 spiro atoms. The first-order valence-electron chi connectivity index (χ1n) is 11.2. The molecule has 3 aromatic rings. The van der Waals surface area contributed by atoms with Crippen LogP contribution in [0, 0.1) is 0 Å². The van der Waals surface area contributed by atoms with Gasteiger partial charge in [-0.15, -0.1) is 0 Å². The van der Waals surface area contributed by atoms with Crippen LogP contribution in [0.1, 0.15) is 35.4 Å². The minimum absolute atomic E-state index is 0.0101. The maximum atomic E-state index is 12.5. The summed E-state index contributed by atoms with van der Waals surface area (Å²) in [4.78, 5) is 34.9. The second-order valence-corrected chi connectivity index (χ2v) is 8.14. The minimum Gasteiger partial charge on any atom is -0.481 e. The van der Waals surface area contributed by atoms with Crippen LogP contribution in [0.4, 0.5) is 10.5 Å². The average molecular weight is 459 g/mol. The summed E-state index contributed by atoms with van der Waals surface area (Å²) in [5.41, 5.74) is 6.12. The molecule has 0 fully saturated rings. The van der Waals surface area contributed by atoms with E-state index in [0.717, 1.165) is 16.7 Å². The molecule has 34 heavy (non-hydrogen) atoms. The van der Waals surface area contributed by atoms with Gasteiger partial charge in [0.25, 0.3) is 0 Å². The summed E-state index contributed by atoms with van der Waals surface area (Å²) in [6.45, 7) is 0.341. The first-order chi connectivity index (χ1) is 16.5. The Kier molecular flexibility index (Phi) is 7.22. The quantitative estimate of drug-likeness (QED) is 0.436. The van der Waals surface area contributed by atoms with Gasteiger partial charge < -0.3 is 15.2 Å². The lowest BCUT2D eigenvalue weighted by Crippen LogP contribution is -2.26. The highest BCUT2D eigenvalue weighted by Gasteiger charge is 2.29. The zero-order valence-electron chi connectivity index (χ0n) is 18.6. The van der Waals surface area contributed by atoms with Crippen molar-refractivity contribution in [1.29, 1.82) is 0 Å². The minimum atomic E-state index is -0.952. The molecule has 0 radical (unpaired) electrons. The molecule has 0 aliphatic heterocycles. The molecule has 0 saturated carbocycles. The molecule has 0 bridgehead atoms. The molecular weight excluding hydrogens is 432 g/mol. The molecule has 3 N–H and O–H groups in total. The number of aryl methyl sites for hydroxylation is 1. The highest BCUT2D eigenvalue weighted by molar-refractivity contribution is 5.85. The van der Waals surface area contributed by atoms with E-state index in [1.54, 1.807) is 18.2 Å². The summed E-state index contributed by atoms with van der Waals surface area (Å²) in [5.74, 6) is -1.17. The number of carboxylic acid groups (broad SMARTS) is 1. The second-order valence-electron chi connectivity index (χ2n) is 8.14. The van der Waals surface area contributed by atoms with Crippen LogP contribution < -0.4 is 10.6 Å². The van der Waals surface area contributed by atoms with Crippen molar-refractivity contribution in [2.45, 2.75) is 25.2 Å². The molecule has 4 rings (SSSR count). The monoisotopic (exact) mass is 458 g/mol. The van der Waals surface area contributed by atoms with Crippen molar-refractivity contribution in [2.24, 2.45) is 0 Å². The Morgan fingerprint density at radius 3 is 2.21 bits per heavy atom. The molecule has 2 amide bonds. The van der Waals surface area contributed by atoms with Gasteiger partial charge in [0.2, 0.25) is 5.91 Å². The van der Waals surface area contributed by atoms with Gasteiger partial charge in [0.05, 0.1) is 6.42 Å². The van der Waals surface area contributed by atoms with E-state index in [-0.39, 0.29) is 37.8 Å². The van der Waals surface area contributed by atoms with Crippen LogP contribution in [-0.2, 0) is 20.7 Å². The third-order valence-electron chi connectivity index (χ3n) is 5.82. The molecule has 0 aromatic heterocycles. The number of fused-ring (bicyclic) bond motifs is 3. The number of aliphatic carboxylic acids is 1. The fourth-order valence-corrected chi connectivity index (χ4v) is 4.21. The first-order valence-corrected chi connectivity index (χ1v) is 11.2. The van der Waals surface area contributed by atoms with Crippen molar-refractivity contribution in [3.63, 3.8) is 0 Å². The fourth-order valence-electron chi connectivity index (χ4n) is 4.21. The van der Waals surface area contributed by atoms with Gasteiger partial charge >= 0.3 is 12.1 Å². The zero-order chi connectivity index (χ0) is 23.9. The number of nitrogens with one attached hydrogen (secondary N) is 2. The van der Waals surface area contributed by atoms with Gasteiger partial charge in [-0.2, -0.15) is 0 Å². The lowest BCUT2D eigenvalue weighted by Gasteiger charge is -2.15. The van der Waals surface area contributed by atoms with Crippen LogP contribution in [-0.4, -0.2) is 36.2 Å². The van der Waals surface area contributed by atoms with Gasteiger partial charge in [0, 0.05) is 24.6 Å². The van der Waals surface area contributed by atoms with E-state index in [1.807, 2.05) is 30.3 Å². The lowest BCUT2D eigenvalue weighted by atomic mass is 9.98. The van der Waals surface area contributed by atoms with Crippen LogP contribution in [0.3, 0.4) is 0 Å². The Balaban J connectivity index is 1.30. The average Bonchev–Trinajstić information content (AvgIpc) is 3.15. The smallest absolute Gasteiger partial charge is 0.411 e. The van der Waals surface area contributed by atoms with E-state index < -0.39 is 12.1 Å². The van der Waals surface area contributed by atoms with Gasteiger partial charge in [-0.3, -0.25) is 14.9 Å². The molecule has 1 aliphatic carbocycles. The number of rotatable bonds is 9. The molecule has 0 saturated heterocycles. The van der Waals surface area contributed by atoms with E-state index in [4.69, 9.17) is 9.84 Å². The zero-order valence-corrected chi connectivity index (χ0v) is 18.6. The number of carboxylic acids is 1. The van der Waals surface area contributed by atoms with E-state index in [0.29, 0.717) is 12.1 Å². The predicted octanol–water partition coefficient (Wildman–Crippen LogP) is 4.57. The van der Waals surface area contributed by atoms with Crippen molar-refractivity contribution in [3.8, 4) is 11.1 Å². The Hall–Kier alpha value is -4.13. The van der Waals surface area contributed by atoms with E-state index in [9.17, 15) is 14.4 Å². The van der Waals surface area contributed by atoms with Crippen molar-refractivity contribution in [1.82, 2.24) is 5.32 Å². The molecule has 0 atom stereocenters. The number of carbonyl (C=O) groups is 3. The summed E-state index contributed by atoms with van der Waals surface area (Å²) >= 11 is 0. The van der Waals surface area contributed by atoms with E-state index >= 15 is 0 Å². The number of hydrogen-bond donors (Lipinski definition) is 3. The Morgan fingerprint density at radius 1 is 0.853 bits per heavy atom. The van der Waals surface area contributed by atoms with E-state index in [1.165, 1.54) is 11.1 Å². The van der Waals surface area contributed by atoms with Gasteiger partial charge in [-0.25, -0.2) is 4.79 Å². The first kappa shape index (κ1) is 23.0. The standard InChI is InChI=1S/C27H26N2O5/c30-25(28-15-14-26(31)32)13-12-18-6-5-7-19(16-18)29-27(33)34-17-24-22-10-3-1-8-20(22)21-9-2-4-11-23(21)24/h1-11,16,24H,12-15,17H2,(H,28,30)(H,29,33)(H,31,32). The number of carbonyl (C=O) groups excluding carboxylic acids is 2. The number of anilines is 1. The van der Waals surface area contributed by atoms with Gasteiger partial charge in [0.15, 0.2) is 0 Å². The Morgan fingerprint density at radius 2 is 1.53 bits per heavy atom. The second kappa shape index (κ2) is 10.7. The Labute approximate surface area is 197 Å². The SMILES string of the molecule is O=C(O)CCNC(=O)CCc1cccc(NC(=O)OCC2c3ccccc3-c3ccccc32)c1. The summed E-state index contributed by atoms with van der Waals surface area (Å²) in [7, 11) is 0. The summed E-state index contributed by atoms with van der Waals surface area (Å²) in [5, 5.41) is 14.0. The van der Waals surface area contributed by atoms with Crippen LogP contribution in [0.2, 0.25) is 0 Å². The number of hydrogen-bond acceptors (Lipinski definition) is 4. The summed E-state index contributed by atoms with van der Waals surface area (Å²) < 4.78 is 5.58. The third kappa shape index (κ3) is 5.61. The third-order valence-corrected chi connectivity index (χ3v) is 5.82. The highest BCUT2D eigenvalue weighted by atomic mass is 16.5. The van der Waals surface area contributed by atoms with Crippen molar-refractivity contribution < 1.29 is 24.2 Å². The summed E-state index contributed by atoms with van der Waals surface area (Å²) in [6, 6.07) is 23.6. The van der Waals surface area contributed by atoms with Crippen molar-refractivity contribution >= 4 is 23.7 Å². The normalized spacial score (nSPS) is 11.9. The van der Waals surface area contributed by atoms with Crippen LogP contribution in [0.5, 0.6) is 0 Å². The van der Waals surface area contributed by atoms with Crippen LogP contribution in [0.25, 0.3) is 11.1 Å². The van der Waals surface area contributed by atoms with Gasteiger partial charge in [0.1, 0.15) is 6.61 Å². The van der Waals surface area contributed by atoms with Crippen LogP contribution in [0.15, 0.2) is 72.8 Å². The number of benzene rings is 3. The van der Waals surface area contributed by atoms with Gasteiger partial charge in [-0.05, 0) is 46.4 Å². The molecule has 7 heteroatoms. The lowest BCUT2D eigenvalue weighted by molar-refractivity contribution is -0.136. The van der Waals surface area contributed by atoms with E-state index in [2.05, 4.69) is 34.9 Å². The number of ether oxygens (including phenoxy) is 1. The fraction of sp³-hybridized carbons (Fsp3) is 0.222. The van der Waals surface area contributed by atoms with Crippen molar-refractivity contribution in [3.05, 3.63) is 89.5 Å². The molecular formula is C27H26N2O5. The van der Waals surface area contributed by atoms with Crippen LogP contribution >= 0.6 is 0 Å². The molecule has 0 heterocycles. The predicted molar refractivity (Wildman–Crippen MR) is 129 cm³/mol. The number of amides is 2. The van der Waals surface area contributed by atoms with Crippen molar-refractivity contribution in [2.75, 3.05) is 18.5 Å². The topological polar surface area (TPSA) is 105 Å². The molecule has 0 unspecified atom stereocenters.